The van der Waals surface area contributed by atoms with E-state index in [-0.39, 0.29) is 6.67 Å². The highest BCUT2D eigenvalue weighted by Crippen LogP contribution is 2.15. The van der Waals surface area contributed by atoms with Crippen molar-refractivity contribution in [1.29, 1.82) is 0 Å². The van der Waals surface area contributed by atoms with Gasteiger partial charge in [0.1, 0.15) is 5.70 Å². The van der Waals surface area contributed by atoms with Crippen LogP contribution in [0.15, 0.2) is 44.0 Å². The zero-order valence-corrected chi connectivity index (χ0v) is 9.35. The number of amidine groups is 1. The van der Waals surface area contributed by atoms with Crippen LogP contribution in [0.25, 0.3) is 0 Å². The molecule has 0 saturated carbocycles. The Hall–Kier alpha value is -1.88. The van der Waals surface area contributed by atoms with Crippen molar-refractivity contribution >= 4 is 24.5 Å². The molecule has 0 aromatic carbocycles. The normalized spacial score (nSPS) is 20.6. The van der Waals surface area contributed by atoms with Crippen LogP contribution in [0.2, 0.25) is 0 Å². The second kappa shape index (κ2) is 5.87. The number of hydrogen-bond donors (Lipinski definition) is 1. The highest BCUT2D eigenvalue weighted by molar-refractivity contribution is 6.35. The minimum absolute atomic E-state index is 0.161. The minimum Gasteiger partial charge on any atom is -0.312 e. The highest BCUT2D eigenvalue weighted by atomic mass is 15.0. The van der Waals surface area contributed by atoms with E-state index in [2.05, 4.69) is 33.3 Å². The Balaban J connectivity index is 3.28. The van der Waals surface area contributed by atoms with Crippen LogP contribution in [-0.2, 0) is 0 Å². The molecule has 0 unspecified atom stereocenters. The first-order chi connectivity index (χ1) is 7.76. The first-order valence-electron chi connectivity index (χ1n) is 4.96. The summed E-state index contributed by atoms with van der Waals surface area (Å²) in [5.41, 5.74) is 7.38. The van der Waals surface area contributed by atoms with Crippen LogP contribution in [-0.4, -0.2) is 31.1 Å². The van der Waals surface area contributed by atoms with Gasteiger partial charge in [0.15, 0.2) is 5.84 Å². The van der Waals surface area contributed by atoms with Gasteiger partial charge in [-0.1, -0.05) is 13.5 Å². The average molecular weight is 217 g/mol. The van der Waals surface area contributed by atoms with E-state index in [1.165, 1.54) is 0 Å². The second-order valence-electron chi connectivity index (χ2n) is 2.98. The van der Waals surface area contributed by atoms with Crippen molar-refractivity contribution in [3.8, 4) is 0 Å². The van der Waals surface area contributed by atoms with Gasteiger partial charge >= 0.3 is 0 Å². The Morgan fingerprint density at radius 3 is 2.88 bits per heavy atom. The molecule has 0 amide bonds. The van der Waals surface area contributed by atoms with E-state index in [1.807, 2.05) is 6.92 Å². The van der Waals surface area contributed by atoms with Crippen molar-refractivity contribution in [2.24, 2.45) is 25.7 Å². The van der Waals surface area contributed by atoms with Crippen molar-refractivity contribution in [2.75, 3.05) is 6.67 Å². The third kappa shape index (κ3) is 2.58. The summed E-state index contributed by atoms with van der Waals surface area (Å²) < 4.78 is 0. The van der Waals surface area contributed by atoms with Crippen LogP contribution in [0.1, 0.15) is 13.3 Å². The van der Waals surface area contributed by atoms with Gasteiger partial charge in [-0.25, -0.2) is 15.0 Å². The van der Waals surface area contributed by atoms with Crippen molar-refractivity contribution in [2.45, 2.75) is 13.3 Å². The summed E-state index contributed by atoms with van der Waals surface area (Å²) in [5, 5.41) is 0. The van der Waals surface area contributed by atoms with Crippen molar-refractivity contribution in [1.82, 2.24) is 0 Å². The van der Waals surface area contributed by atoms with Crippen LogP contribution >= 0.6 is 0 Å². The molecular weight excluding hydrogens is 202 g/mol. The molecule has 0 aliphatic carbocycles. The standard InChI is InChI=1S/C11H15N5/c1-4-8-6-14-11(15-7-12)10(16-8)9(5-2)13-3/h5-6H,2-4,7,12H2,1H3/b10-9+,15-11+. The van der Waals surface area contributed by atoms with Gasteiger partial charge in [-0.15, -0.1) is 0 Å². The second-order valence-corrected chi connectivity index (χ2v) is 2.98. The fourth-order valence-electron chi connectivity index (χ4n) is 1.20. The number of nitrogens with zero attached hydrogens (tertiary/aromatic N) is 4. The highest BCUT2D eigenvalue weighted by Gasteiger charge is 2.14. The van der Waals surface area contributed by atoms with E-state index < -0.39 is 0 Å². The van der Waals surface area contributed by atoms with Crippen molar-refractivity contribution in [3.63, 3.8) is 0 Å². The van der Waals surface area contributed by atoms with E-state index in [1.54, 1.807) is 12.3 Å². The quantitative estimate of drug-likeness (QED) is 0.709. The Morgan fingerprint density at radius 2 is 2.38 bits per heavy atom. The SMILES string of the molecule is C=C/C(N=C)=C1\N=C(CC)C=N\C1=N\CN. The van der Waals surface area contributed by atoms with Gasteiger partial charge in [0.05, 0.1) is 24.3 Å². The molecule has 1 aliphatic heterocycles. The van der Waals surface area contributed by atoms with Crippen LogP contribution in [0.5, 0.6) is 0 Å². The number of rotatable bonds is 4. The topological polar surface area (TPSA) is 75.5 Å². The van der Waals surface area contributed by atoms with Crippen LogP contribution < -0.4 is 5.73 Å². The number of nitrogens with two attached hydrogens (primary N) is 1. The minimum atomic E-state index is 0.161. The zero-order chi connectivity index (χ0) is 12.0. The van der Waals surface area contributed by atoms with Crippen LogP contribution in [0, 0.1) is 0 Å². The maximum atomic E-state index is 5.37. The van der Waals surface area contributed by atoms with Gasteiger partial charge < -0.3 is 5.73 Å². The maximum Gasteiger partial charge on any atom is 0.177 e. The zero-order valence-electron chi connectivity index (χ0n) is 9.35. The first-order valence-corrected chi connectivity index (χ1v) is 4.96. The Bertz CT molecular complexity index is 402. The summed E-state index contributed by atoms with van der Waals surface area (Å²) in [6.07, 6.45) is 4.05. The van der Waals surface area contributed by atoms with E-state index in [0.29, 0.717) is 17.2 Å². The third-order valence-electron chi connectivity index (χ3n) is 2.01. The predicted molar refractivity (Wildman–Crippen MR) is 69.5 cm³/mol. The Kier molecular flexibility index (Phi) is 4.47. The maximum absolute atomic E-state index is 5.37. The van der Waals surface area contributed by atoms with Gasteiger partial charge in [-0.05, 0) is 19.2 Å². The largest absolute Gasteiger partial charge is 0.312 e. The molecule has 0 bridgehead atoms. The molecule has 1 heterocycles. The lowest BCUT2D eigenvalue weighted by molar-refractivity contribution is 1.06. The molecule has 0 fully saturated rings. The van der Waals surface area contributed by atoms with Gasteiger partial charge in [0.2, 0.25) is 0 Å². The predicted octanol–water partition coefficient (Wildman–Crippen LogP) is 1.33. The van der Waals surface area contributed by atoms with Crippen molar-refractivity contribution < 1.29 is 0 Å². The lowest BCUT2D eigenvalue weighted by Crippen LogP contribution is -2.14. The fraction of sp³-hybridized carbons (Fsp3) is 0.273. The summed E-state index contributed by atoms with van der Waals surface area (Å²) in [7, 11) is 0. The summed E-state index contributed by atoms with van der Waals surface area (Å²) in [5.74, 6) is 0.474. The molecule has 0 spiro atoms. The molecule has 16 heavy (non-hydrogen) atoms. The van der Waals surface area contributed by atoms with E-state index >= 15 is 0 Å². The summed E-state index contributed by atoms with van der Waals surface area (Å²) >= 11 is 0. The van der Waals surface area contributed by atoms with Gasteiger partial charge in [-0.3, -0.25) is 4.99 Å². The van der Waals surface area contributed by atoms with Gasteiger partial charge in [-0.2, -0.15) is 0 Å². The monoisotopic (exact) mass is 217 g/mol. The molecule has 0 aromatic rings. The molecule has 5 nitrogen and oxygen atoms in total. The molecule has 2 N–H and O–H groups in total. The molecule has 0 radical (unpaired) electrons. The van der Waals surface area contributed by atoms with E-state index in [4.69, 9.17) is 5.73 Å². The fourth-order valence-corrected chi connectivity index (χ4v) is 1.20. The lowest BCUT2D eigenvalue weighted by Gasteiger charge is -2.10. The van der Waals surface area contributed by atoms with Crippen LogP contribution in [0.3, 0.4) is 0 Å². The van der Waals surface area contributed by atoms with Crippen LogP contribution in [0.4, 0.5) is 0 Å². The lowest BCUT2D eigenvalue weighted by atomic mass is 10.2. The molecule has 0 saturated heterocycles. The number of allylic oxidation sites excluding steroid dienone is 1. The van der Waals surface area contributed by atoms with Gasteiger partial charge in [0, 0.05) is 0 Å². The van der Waals surface area contributed by atoms with Crippen molar-refractivity contribution in [3.05, 3.63) is 24.0 Å². The molecule has 0 aromatic heterocycles. The third-order valence-corrected chi connectivity index (χ3v) is 2.01. The van der Waals surface area contributed by atoms with Gasteiger partial charge in [0.25, 0.3) is 0 Å². The molecular formula is C11H15N5. The molecule has 1 rings (SSSR count). The van der Waals surface area contributed by atoms with E-state index in [9.17, 15) is 0 Å². The Morgan fingerprint density at radius 1 is 1.62 bits per heavy atom. The summed E-state index contributed by atoms with van der Waals surface area (Å²) in [6, 6.07) is 0. The smallest absolute Gasteiger partial charge is 0.177 e. The Labute approximate surface area is 94.9 Å². The molecule has 5 heteroatoms. The molecule has 1 aliphatic rings. The first kappa shape index (κ1) is 12.2. The van der Waals surface area contributed by atoms with E-state index in [0.717, 1.165) is 12.1 Å². The summed E-state index contributed by atoms with van der Waals surface area (Å²) in [4.78, 5) is 16.5. The average Bonchev–Trinajstić information content (AvgIpc) is 2.33. The number of aliphatic imine (C=N–C) groups is 4. The summed E-state index contributed by atoms with van der Waals surface area (Å²) in [6.45, 7) is 9.28. The number of hydrogen-bond acceptors (Lipinski definition) is 4. The molecule has 0 atom stereocenters. The molecule has 84 valence electrons.